The molecule has 6 unspecified atom stereocenters. The second-order valence-corrected chi connectivity index (χ2v) is 9.62. The number of aliphatic hydroxyl groups excluding tert-OH is 1. The van der Waals surface area contributed by atoms with Crippen molar-refractivity contribution in [1.29, 1.82) is 0 Å². The minimum Gasteiger partial charge on any atom is -0.462 e. The standard InChI is InChI=1S/C29H36O11/c1-5-9-21-12-13-23(33)26(39-21)29(38-19(4)32)28-25(34)27(36-15-20-10-7-6-8-11-20)24(40-28)14-22(37-18(3)31)16-35-17(2)30/h5-8,10-13,21-22,24-29,34H,1,9,14-16H2,2-4H3/t21?,22-,24?,25?,26?,27?,28?,29-/m1/s1. The van der Waals surface area contributed by atoms with E-state index in [2.05, 4.69) is 6.58 Å². The number of benzene rings is 1. The second kappa shape index (κ2) is 14.8. The lowest BCUT2D eigenvalue weighted by Crippen LogP contribution is -2.52. The van der Waals surface area contributed by atoms with Crippen LogP contribution in [0.1, 0.15) is 39.2 Å². The molecule has 3 rings (SSSR count). The maximum Gasteiger partial charge on any atom is 0.303 e. The van der Waals surface area contributed by atoms with Crippen molar-refractivity contribution in [2.24, 2.45) is 0 Å². The van der Waals surface area contributed by atoms with E-state index in [0.29, 0.717) is 6.42 Å². The molecular weight excluding hydrogens is 524 g/mol. The highest BCUT2D eigenvalue weighted by atomic mass is 16.6. The normalized spacial score (nSPS) is 27.4. The first-order chi connectivity index (χ1) is 19.1. The van der Waals surface area contributed by atoms with Gasteiger partial charge in [0.15, 0.2) is 18.0 Å². The van der Waals surface area contributed by atoms with Crippen molar-refractivity contribution in [2.75, 3.05) is 6.61 Å². The van der Waals surface area contributed by atoms with Crippen LogP contribution in [0.3, 0.4) is 0 Å². The second-order valence-electron chi connectivity index (χ2n) is 9.62. The van der Waals surface area contributed by atoms with Crippen LogP contribution < -0.4 is 0 Å². The van der Waals surface area contributed by atoms with Gasteiger partial charge in [0.05, 0.1) is 18.8 Å². The number of ether oxygens (including phenoxy) is 6. The maximum atomic E-state index is 12.8. The minimum atomic E-state index is -1.37. The molecular formula is C29H36O11. The molecule has 11 heteroatoms. The van der Waals surface area contributed by atoms with E-state index >= 15 is 0 Å². The third-order valence-corrected chi connectivity index (χ3v) is 6.36. The van der Waals surface area contributed by atoms with Crippen molar-refractivity contribution in [2.45, 2.75) is 89.1 Å². The topological polar surface area (TPSA) is 144 Å². The molecule has 8 atom stereocenters. The van der Waals surface area contributed by atoms with Crippen LogP contribution in [-0.2, 0) is 54.2 Å². The van der Waals surface area contributed by atoms with Gasteiger partial charge < -0.3 is 33.5 Å². The summed E-state index contributed by atoms with van der Waals surface area (Å²) in [5.74, 6) is -2.33. The first-order valence-corrected chi connectivity index (χ1v) is 13.0. The summed E-state index contributed by atoms with van der Waals surface area (Å²) in [5, 5.41) is 11.4. The summed E-state index contributed by atoms with van der Waals surface area (Å²) in [6.07, 6.45) is -3.52. The van der Waals surface area contributed by atoms with Crippen LogP contribution in [0.15, 0.2) is 55.1 Å². The highest BCUT2D eigenvalue weighted by Crippen LogP contribution is 2.34. The van der Waals surface area contributed by atoms with Gasteiger partial charge in [0.2, 0.25) is 0 Å². The third kappa shape index (κ3) is 8.82. The van der Waals surface area contributed by atoms with Gasteiger partial charge in [-0.3, -0.25) is 19.2 Å². The number of hydrogen-bond donors (Lipinski definition) is 1. The van der Waals surface area contributed by atoms with E-state index < -0.39 is 72.5 Å². The molecule has 40 heavy (non-hydrogen) atoms. The van der Waals surface area contributed by atoms with Gasteiger partial charge >= 0.3 is 17.9 Å². The van der Waals surface area contributed by atoms with Crippen molar-refractivity contribution < 1.29 is 52.7 Å². The Morgan fingerprint density at radius 2 is 1.75 bits per heavy atom. The molecule has 0 radical (unpaired) electrons. The van der Waals surface area contributed by atoms with Gasteiger partial charge in [0.1, 0.15) is 31.0 Å². The van der Waals surface area contributed by atoms with Gasteiger partial charge in [-0.1, -0.05) is 42.5 Å². The number of hydrogen-bond acceptors (Lipinski definition) is 11. The molecule has 1 saturated heterocycles. The van der Waals surface area contributed by atoms with Crippen LogP contribution >= 0.6 is 0 Å². The number of carbonyl (C=O) groups excluding carboxylic acids is 4. The molecule has 11 nitrogen and oxygen atoms in total. The van der Waals surface area contributed by atoms with Crippen LogP contribution in [0.2, 0.25) is 0 Å². The van der Waals surface area contributed by atoms with Crippen molar-refractivity contribution in [3.63, 3.8) is 0 Å². The van der Waals surface area contributed by atoms with Gasteiger partial charge in [0, 0.05) is 27.2 Å². The van der Waals surface area contributed by atoms with E-state index in [1.807, 2.05) is 30.3 Å². The number of esters is 3. The predicted octanol–water partition coefficient (Wildman–Crippen LogP) is 1.99. The molecule has 0 bridgehead atoms. The SMILES string of the molecule is C=CCC1C=CC(=O)C([C@@H](OC(C)=O)C2OC(C[C@H](COC(C)=O)OC(C)=O)C(OCc3ccccc3)C2O)O1. The van der Waals surface area contributed by atoms with E-state index in [1.165, 1.54) is 26.8 Å². The fourth-order valence-corrected chi connectivity index (χ4v) is 4.68. The summed E-state index contributed by atoms with van der Waals surface area (Å²) in [4.78, 5) is 48.1. The monoisotopic (exact) mass is 560 g/mol. The Hall–Kier alpha value is -3.38. The summed E-state index contributed by atoms with van der Waals surface area (Å²) < 4.78 is 34.1. The fourth-order valence-electron chi connectivity index (χ4n) is 4.68. The Balaban J connectivity index is 1.89. The van der Waals surface area contributed by atoms with Crippen LogP contribution in [0, 0.1) is 0 Å². The molecule has 1 N–H and O–H groups in total. The molecule has 218 valence electrons. The van der Waals surface area contributed by atoms with E-state index in [1.54, 1.807) is 12.2 Å². The van der Waals surface area contributed by atoms with Crippen LogP contribution in [0.5, 0.6) is 0 Å². The Morgan fingerprint density at radius 1 is 1.05 bits per heavy atom. The smallest absolute Gasteiger partial charge is 0.303 e. The Kier molecular flexibility index (Phi) is 11.6. The lowest BCUT2D eigenvalue weighted by molar-refractivity contribution is -0.183. The lowest BCUT2D eigenvalue weighted by Gasteiger charge is -2.34. The van der Waals surface area contributed by atoms with Gasteiger partial charge in [-0.2, -0.15) is 0 Å². The van der Waals surface area contributed by atoms with Gasteiger partial charge in [-0.15, -0.1) is 6.58 Å². The third-order valence-electron chi connectivity index (χ3n) is 6.36. The average Bonchev–Trinajstić information content (AvgIpc) is 3.20. The molecule has 0 spiro atoms. The Morgan fingerprint density at radius 3 is 2.38 bits per heavy atom. The van der Waals surface area contributed by atoms with E-state index in [0.717, 1.165) is 5.56 Å². The first-order valence-electron chi connectivity index (χ1n) is 13.0. The molecule has 0 saturated carbocycles. The molecule has 1 aromatic carbocycles. The number of carbonyl (C=O) groups is 4. The quantitative estimate of drug-likeness (QED) is 0.215. The zero-order valence-electron chi connectivity index (χ0n) is 22.8. The van der Waals surface area contributed by atoms with Gasteiger partial charge in [-0.25, -0.2) is 0 Å². The largest absolute Gasteiger partial charge is 0.462 e. The first kappa shape index (κ1) is 31.2. The zero-order chi connectivity index (χ0) is 29.2. The highest BCUT2D eigenvalue weighted by molar-refractivity contribution is 5.95. The molecule has 0 aromatic heterocycles. The minimum absolute atomic E-state index is 0.0227. The molecule has 1 fully saturated rings. The van der Waals surface area contributed by atoms with E-state index in [-0.39, 0.29) is 19.6 Å². The van der Waals surface area contributed by atoms with Gasteiger partial charge in [-0.05, 0) is 18.1 Å². The van der Waals surface area contributed by atoms with Crippen LogP contribution in [-0.4, -0.2) is 84.2 Å². The van der Waals surface area contributed by atoms with Crippen molar-refractivity contribution in [3.8, 4) is 0 Å². The molecule has 2 heterocycles. The molecule has 0 amide bonds. The molecule has 1 aromatic rings. The van der Waals surface area contributed by atoms with Gasteiger partial charge in [0.25, 0.3) is 0 Å². The Labute approximate surface area is 233 Å². The summed E-state index contributed by atoms with van der Waals surface area (Å²) in [6, 6.07) is 9.23. The van der Waals surface area contributed by atoms with E-state index in [9.17, 15) is 24.3 Å². The molecule has 2 aliphatic rings. The summed E-state index contributed by atoms with van der Waals surface area (Å²) in [7, 11) is 0. The highest BCUT2D eigenvalue weighted by Gasteiger charge is 2.53. The summed E-state index contributed by atoms with van der Waals surface area (Å²) >= 11 is 0. The molecule has 0 aliphatic carbocycles. The number of rotatable bonds is 13. The average molecular weight is 561 g/mol. The Bertz CT molecular complexity index is 1070. The molecule has 2 aliphatic heterocycles. The van der Waals surface area contributed by atoms with E-state index in [4.69, 9.17) is 28.4 Å². The number of aliphatic hydroxyl groups is 1. The van der Waals surface area contributed by atoms with Crippen molar-refractivity contribution in [1.82, 2.24) is 0 Å². The predicted molar refractivity (Wildman–Crippen MR) is 140 cm³/mol. The van der Waals surface area contributed by atoms with Crippen LogP contribution in [0.4, 0.5) is 0 Å². The fraction of sp³-hybridized carbons (Fsp3) is 0.517. The summed E-state index contributed by atoms with van der Waals surface area (Å²) in [6.45, 7) is 7.17. The maximum absolute atomic E-state index is 12.8. The van der Waals surface area contributed by atoms with Crippen molar-refractivity contribution >= 4 is 23.7 Å². The van der Waals surface area contributed by atoms with Crippen LogP contribution in [0.25, 0.3) is 0 Å². The number of ketones is 1. The lowest BCUT2D eigenvalue weighted by atomic mass is 9.94. The summed E-state index contributed by atoms with van der Waals surface area (Å²) in [5.41, 5.74) is 0.827. The van der Waals surface area contributed by atoms with Crippen molar-refractivity contribution in [3.05, 3.63) is 60.7 Å². The zero-order valence-corrected chi connectivity index (χ0v) is 22.8.